The fourth-order valence-electron chi connectivity index (χ4n) is 3.41. The van der Waals surface area contributed by atoms with Crippen LogP contribution in [-0.2, 0) is 17.4 Å². The van der Waals surface area contributed by atoms with Gasteiger partial charge in [-0.2, -0.15) is 17.6 Å². The Bertz CT molecular complexity index is 1430. The quantitative estimate of drug-likeness (QED) is 0.350. The molecule has 2 aromatic heterocycles. The van der Waals surface area contributed by atoms with Gasteiger partial charge >= 0.3 is 6.18 Å². The van der Waals surface area contributed by atoms with Crippen LogP contribution in [-0.4, -0.2) is 15.5 Å². The molecule has 0 saturated heterocycles. The zero-order valence-electron chi connectivity index (χ0n) is 16.7. The highest BCUT2D eigenvalue weighted by Crippen LogP contribution is 2.32. The molecule has 0 spiro atoms. The molecule has 4 aromatic rings. The molecule has 0 aliphatic rings. The zero-order valence-corrected chi connectivity index (χ0v) is 16.7. The molecular formula is C23H14F5N3O2. The summed E-state index contributed by atoms with van der Waals surface area (Å²) < 4.78 is 67.3. The molecule has 0 saturated carbocycles. The Kier molecular flexibility index (Phi) is 5.67. The maximum absolute atomic E-state index is 14.0. The second-order valence-corrected chi connectivity index (χ2v) is 7.11. The highest BCUT2D eigenvalue weighted by molar-refractivity contribution is 6.02. The van der Waals surface area contributed by atoms with Crippen molar-refractivity contribution in [2.45, 2.75) is 12.6 Å². The van der Waals surface area contributed by atoms with Gasteiger partial charge < -0.3 is 5.32 Å². The van der Waals surface area contributed by atoms with Crippen molar-refractivity contribution in [3.63, 3.8) is 0 Å². The third kappa shape index (κ3) is 4.45. The van der Waals surface area contributed by atoms with Crippen LogP contribution in [0.25, 0.3) is 16.5 Å². The number of alkyl halides is 3. The fraction of sp³-hybridized carbons (Fsp3) is 0.0870. The van der Waals surface area contributed by atoms with Crippen LogP contribution >= 0.6 is 0 Å². The molecule has 1 amide bonds. The number of anilines is 1. The van der Waals surface area contributed by atoms with E-state index in [0.29, 0.717) is 17.5 Å². The van der Waals surface area contributed by atoms with E-state index in [1.807, 2.05) is 0 Å². The monoisotopic (exact) mass is 459 g/mol. The number of halogens is 5. The minimum absolute atomic E-state index is 0.0316. The molecule has 2 aromatic carbocycles. The van der Waals surface area contributed by atoms with Crippen molar-refractivity contribution in [3.05, 3.63) is 100 Å². The molecule has 4 rings (SSSR count). The Balaban J connectivity index is 1.64. The maximum atomic E-state index is 14.0. The molecule has 33 heavy (non-hydrogen) atoms. The minimum atomic E-state index is -4.89. The first kappa shape index (κ1) is 22.1. The summed E-state index contributed by atoms with van der Waals surface area (Å²) >= 11 is 0. The van der Waals surface area contributed by atoms with Crippen molar-refractivity contribution in [3.8, 4) is 5.69 Å². The number of amides is 1. The number of nitrogens with zero attached hydrogens (tertiary/aromatic N) is 2. The first-order valence-corrected chi connectivity index (χ1v) is 9.56. The van der Waals surface area contributed by atoms with Gasteiger partial charge in [-0.05, 0) is 48.0 Å². The topological polar surface area (TPSA) is 64.0 Å². The lowest BCUT2D eigenvalue weighted by molar-refractivity contribution is -0.140. The van der Waals surface area contributed by atoms with Gasteiger partial charge in [0.25, 0.3) is 5.56 Å². The summed E-state index contributed by atoms with van der Waals surface area (Å²) in [7, 11) is 0. The van der Waals surface area contributed by atoms with Gasteiger partial charge in [0.2, 0.25) is 11.9 Å². The van der Waals surface area contributed by atoms with Crippen LogP contribution in [0, 0.1) is 11.8 Å². The number of nitrogens with one attached hydrogen (secondary N) is 1. The van der Waals surface area contributed by atoms with Crippen LogP contribution < -0.4 is 10.9 Å². The number of hydrogen-bond acceptors (Lipinski definition) is 3. The molecule has 2 heterocycles. The summed E-state index contributed by atoms with van der Waals surface area (Å²) in [5, 5.41) is 3.09. The summed E-state index contributed by atoms with van der Waals surface area (Å²) in [5.74, 6) is -2.92. The van der Waals surface area contributed by atoms with E-state index in [0.717, 1.165) is 10.6 Å². The average Bonchev–Trinajstić information content (AvgIpc) is 2.76. The van der Waals surface area contributed by atoms with Gasteiger partial charge in [0.1, 0.15) is 11.5 Å². The highest BCUT2D eigenvalue weighted by atomic mass is 19.4. The molecule has 0 radical (unpaired) electrons. The van der Waals surface area contributed by atoms with Crippen molar-refractivity contribution in [2.24, 2.45) is 0 Å². The Morgan fingerprint density at radius 2 is 1.79 bits per heavy atom. The summed E-state index contributed by atoms with van der Waals surface area (Å²) in [6.45, 7) is 0. The lowest BCUT2D eigenvalue weighted by Crippen LogP contribution is -2.20. The Morgan fingerprint density at radius 1 is 1.00 bits per heavy atom. The van der Waals surface area contributed by atoms with Crippen LogP contribution in [0.2, 0.25) is 0 Å². The summed E-state index contributed by atoms with van der Waals surface area (Å²) in [4.78, 5) is 28.9. The lowest BCUT2D eigenvalue weighted by Gasteiger charge is -2.12. The molecular weight excluding hydrogens is 445 g/mol. The van der Waals surface area contributed by atoms with E-state index in [-0.39, 0.29) is 22.3 Å². The number of carbonyl (C=O) groups excluding carboxylic acids is 1. The molecule has 5 nitrogen and oxygen atoms in total. The molecule has 0 atom stereocenters. The zero-order chi connectivity index (χ0) is 23.8. The molecule has 0 bridgehead atoms. The summed E-state index contributed by atoms with van der Waals surface area (Å²) in [6.07, 6.45) is -2.76. The average molecular weight is 459 g/mol. The first-order chi connectivity index (χ1) is 15.6. The van der Waals surface area contributed by atoms with Crippen LogP contribution in [0.5, 0.6) is 0 Å². The second-order valence-electron chi connectivity index (χ2n) is 7.11. The van der Waals surface area contributed by atoms with E-state index in [1.165, 1.54) is 48.8 Å². The van der Waals surface area contributed by atoms with Crippen molar-refractivity contribution >= 4 is 22.4 Å². The molecule has 0 aliphatic heterocycles. The fourth-order valence-corrected chi connectivity index (χ4v) is 3.41. The van der Waals surface area contributed by atoms with E-state index >= 15 is 0 Å². The SMILES string of the molecule is O=C(Cc1ccc(F)c(C(F)(F)F)c1)Nc1cccc2c(=O)n(-c3cccnc3F)ccc12. The molecule has 10 heteroatoms. The van der Waals surface area contributed by atoms with Gasteiger partial charge in [0.15, 0.2) is 0 Å². The van der Waals surface area contributed by atoms with Crippen molar-refractivity contribution in [1.82, 2.24) is 9.55 Å². The van der Waals surface area contributed by atoms with E-state index in [4.69, 9.17) is 0 Å². The van der Waals surface area contributed by atoms with Crippen molar-refractivity contribution < 1.29 is 26.7 Å². The largest absolute Gasteiger partial charge is 0.419 e. The number of pyridine rings is 2. The highest BCUT2D eigenvalue weighted by Gasteiger charge is 2.34. The van der Waals surface area contributed by atoms with Crippen LogP contribution in [0.1, 0.15) is 11.1 Å². The predicted octanol–water partition coefficient (Wildman–Crippen LogP) is 4.86. The number of benzene rings is 2. The van der Waals surface area contributed by atoms with Gasteiger partial charge in [-0.1, -0.05) is 12.1 Å². The van der Waals surface area contributed by atoms with Gasteiger partial charge in [-0.15, -0.1) is 0 Å². The van der Waals surface area contributed by atoms with Crippen LogP contribution in [0.15, 0.2) is 71.8 Å². The van der Waals surface area contributed by atoms with Crippen LogP contribution in [0.3, 0.4) is 0 Å². The minimum Gasteiger partial charge on any atom is -0.325 e. The Labute approximate surface area is 183 Å². The third-order valence-corrected chi connectivity index (χ3v) is 4.92. The van der Waals surface area contributed by atoms with Gasteiger partial charge in [-0.3, -0.25) is 14.2 Å². The Hall–Kier alpha value is -4.08. The number of carbonyl (C=O) groups is 1. The maximum Gasteiger partial charge on any atom is 0.419 e. The van der Waals surface area contributed by atoms with Gasteiger partial charge in [-0.25, -0.2) is 9.37 Å². The second kappa shape index (κ2) is 8.45. The molecule has 0 unspecified atom stereocenters. The lowest BCUT2D eigenvalue weighted by atomic mass is 10.1. The molecule has 0 aliphatic carbocycles. The molecule has 0 fully saturated rings. The van der Waals surface area contributed by atoms with E-state index < -0.39 is 41.4 Å². The first-order valence-electron chi connectivity index (χ1n) is 9.56. The smallest absolute Gasteiger partial charge is 0.325 e. The normalized spacial score (nSPS) is 11.5. The van der Waals surface area contributed by atoms with Crippen LogP contribution in [0.4, 0.5) is 27.6 Å². The van der Waals surface area contributed by atoms with Crippen molar-refractivity contribution in [1.29, 1.82) is 0 Å². The number of fused-ring (bicyclic) bond motifs is 1. The summed E-state index contributed by atoms with van der Waals surface area (Å²) in [6, 6.07) is 11.2. The van der Waals surface area contributed by atoms with Gasteiger partial charge in [0.05, 0.1) is 12.0 Å². The van der Waals surface area contributed by atoms with Gasteiger partial charge in [0, 0.05) is 28.9 Å². The standard InChI is InChI=1S/C23H14F5N3O2/c24-17-7-6-13(11-16(17)23(26,27)28)12-20(32)30-18-4-1-3-15-14(18)8-10-31(22(15)33)19-5-2-9-29-21(19)25/h1-11H,12H2,(H,30,32). The summed E-state index contributed by atoms with van der Waals surface area (Å²) in [5.41, 5.74) is -1.84. The van der Waals surface area contributed by atoms with E-state index in [2.05, 4.69) is 10.3 Å². The molecule has 168 valence electrons. The number of hydrogen-bond donors (Lipinski definition) is 1. The number of rotatable bonds is 4. The third-order valence-electron chi connectivity index (χ3n) is 4.92. The van der Waals surface area contributed by atoms with Crippen molar-refractivity contribution in [2.75, 3.05) is 5.32 Å². The Morgan fingerprint density at radius 3 is 2.52 bits per heavy atom. The van der Waals surface area contributed by atoms with E-state index in [1.54, 1.807) is 0 Å². The number of aromatic nitrogens is 2. The predicted molar refractivity (Wildman–Crippen MR) is 111 cm³/mol. The molecule has 1 N–H and O–H groups in total. The van der Waals surface area contributed by atoms with E-state index in [9.17, 15) is 31.5 Å².